The lowest BCUT2D eigenvalue weighted by Crippen LogP contribution is -2.35. The second-order valence-electron chi connectivity index (χ2n) is 5.17. The monoisotopic (exact) mass is 351 g/mol. The third-order valence-corrected chi connectivity index (χ3v) is 3.65. The van der Waals surface area contributed by atoms with Gasteiger partial charge in [0.2, 0.25) is 0 Å². The summed E-state index contributed by atoms with van der Waals surface area (Å²) in [6, 6.07) is 13.3. The van der Waals surface area contributed by atoms with E-state index in [0.29, 0.717) is 5.56 Å². The summed E-state index contributed by atoms with van der Waals surface area (Å²) < 4.78 is 5.00. The van der Waals surface area contributed by atoms with Gasteiger partial charge in [-0.25, -0.2) is 4.79 Å². The van der Waals surface area contributed by atoms with E-state index in [1.165, 1.54) is 18.2 Å². The van der Waals surface area contributed by atoms with Crippen LogP contribution in [0.4, 0.5) is 4.79 Å². The molecular formula is C17H18ClNO5. The van der Waals surface area contributed by atoms with Gasteiger partial charge in [-0.15, -0.1) is 0 Å². The lowest BCUT2D eigenvalue weighted by Gasteiger charge is -2.19. The van der Waals surface area contributed by atoms with E-state index < -0.39 is 18.3 Å². The highest BCUT2D eigenvalue weighted by molar-refractivity contribution is 6.32. The average Bonchev–Trinajstić information content (AvgIpc) is 2.60. The van der Waals surface area contributed by atoms with E-state index in [4.69, 9.17) is 16.3 Å². The third kappa shape index (κ3) is 5.13. The maximum absolute atomic E-state index is 11.6. The van der Waals surface area contributed by atoms with Gasteiger partial charge < -0.3 is 25.4 Å². The Morgan fingerprint density at radius 3 is 2.54 bits per heavy atom. The molecule has 0 spiro atoms. The number of hydrogen-bond donors (Lipinski definition) is 4. The number of benzene rings is 2. The van der Waals surface area contributed by atoms with Gasteiger partial charge in [0.25, 0.3) is 0 Å². The molecule has 0 aliphatic heterocycles. The standard InChI is InChI=1S/C17H18ClNO5/c18-13-8-12(6-7-14(13)20)16(22)15(21)9-19-17(23)24-10-11-4-2-1-3-5-11/h1-8,15-16,20-22H,9-10H2,(H,19,23). The van der Waals surface area contributed by atoms with Crippen LogP contribution in [0.1, 0.15) is 17.2 Å². The minimum atomic E-state index is -1.27. The van der Waals surface area contributed by atoms with Crippen LogP contribution >= 0.6 is 11.6 Å². The Morgan fingerprint density at radius 2 is 1.88 bits per heavy atom. The van der Waals surface area contributed by atoms with Crippen molar-refractivity contribution in [2.75, 3.05) is 6.54 Å². The molecule has 2 rings (SSSR count). The number of rotatable bonds is 6. The van der Waals surface area contributed by atoms with E-state index in [1.807, 2.05) is 30.3 Å². The number of ether oxygens (including phenoxy) is 1. The largest absolute Gasteiger partial charge is 0.506 e. The maximum atomic E-state index is 11.6. The Morgan fingerprint density at radius 1 is 1.17 bits per heavy atom. The Labute approximate surface area is 144 Å². The highest BCUT2D eigenvalue weighted by Gasteiger charge is 2.20. The number of nitrogens with one attached hydrogen (secondary N) is 1. The molecule has 6 nitrogen and oxygen atoms in total. The zero-order valence-corrected chi connectivity index (χ0v) is 13.5. The summed E-state index contributed by atoms with van der Waals surface area (Å²) in [6.07, 6.45) is -3.22. The van der Waals surface area contributed by atoms with Crippen LogP contribution in [0.5, 0.6) is 5.75 Å². The van der Waals surface area contributed by atoms with Crippen LogP contribution < -0.4 is 5.32 Å². The first-order chi connectivity index (χ1) is 11.5. The number of hydrogen-bond acceptors (Lipinski definition) is 5. The maximum Gasteiger partial charge on any atom is 0.407 e. The predicted molar refractivity (Wildman–Crippen MR) is 88.7 cm³/mol. The fourth-order valence-electron chi connectivity index (χ4n) is 2.00. The number of aliphatic hydroxyl groups is 2. The zero-order chi connectivity index (χ0) is 17.5. The molecule has 0 radical (unpaired) electrons. The summed E-state index contributed by atoms with van der Waals surface area (Å²) in [7, 11) is 0. The number of phenols is 1. The molecule has 7 heteroatoms. The van der Waals surface area contributed by atoms with E-state index in [9.17, 15) is 20.1 Å². The Bertz CT molecular complexity index is 680. The van der Waals surface area contributed by atoms with Gasteiger partial charge in [-0.3, -0.25) is 0 Å². The van der Waals surface area contributed by atoms with Crippen molar-refractivity contribution in [1.82, 2.24) is 5.32 Å². The quantitative estimate of drug-likeness (QED) is 0.640. The lowest BCUT2D eigenvalue weighted by molar-refractivity contribution is 0.0184. The summed E-state index contributed by atoms with van der Waals surface area (Å²) in [4.78, 5) is 11.6. The second-order valence-corrected chi connectivity index (χ2v) is 5.57. The molecule has 0 fully saturated rings. The molecule has 2 unspecified atom stereocenters. The summed E-state index contributed by atoms with van der Waals surface area (Å²) in [5, 5.41) is 31.8. The molecule has 2 aromatic rings. The first kappa shape index (κ1) is 18.1. The molecule has 0 aromatic heterocycles. The normalized spacial score (nSPS) is 13.1. The van der Waals surface area contributed by atoms with Crippen LogP contribution in [0.2, 0.25) is 5.02 Å². The molecule has 0 saturated heterocycles. The van der Waals surface area contributed by atoms with Crippen LogP contribution in [0, 0.1) is 0 Å². The van der Waals surface area contributed by atoms with Gasteiger partial charge in [-0.05, 0) is 23.3 Å². The van der Waals surface area contributed by atoms with Crippen LogP contribution in [-0.4, -0.2) is 34.1 Å². The molecular weight excluding hydrogens is 334 g/mol. The minimum Gasteiger partial charge on any atom is -0.506 e. The topological polar surface area (TPSA) is 99.0 Å². The van der Waals surface area contributed by atoms with Gasteiger partial charge in [0.05, 0.1) is 5.02 Å². The van der Waals surface area contributed by atoms with E-state index in [1.54, 1.807) is 0 Å². The fourth-order valence-corrected chi connectivity index (χ4v) is 2.19. The molecule has 2 aromatic carbocycles. The smallest absolute Gasteiger partial charge is 0.407 e. The number of carbonyl (C=O) groups excluding carboxylic acids is 1. The number of amides is 1. The number of aromatic hydroxyl groups is 1. The van der Waals surface area contributed by atoms with Crippen LogP contribution in [-0.2, 0) is 11.3 Å². The lowest BCUT2D eigenvalue weighted by atomic mass is 10.0. The van der Waals surface area contributed by atoms with Gasteiger partial charge in [-0.1, -0.05) is 48.0 Å². The predicted octanol–water partition coefficient (Wildman–Crippen LogP) is 2.37. The van der Waals surface area contributed by atoms with Gasteiger partial charge in [0, 0.05) is 6.54 Å². The third-order valence-electron chi connectivity index (χ3n) is 3.35. The van der Waals surface area contributed by atoms with Gasteiger partial charge in [0.15, 0.2) is 0 Å². The summed E-state index contributed by atoms with van der Waals surface area (Å²) in [5.74, 6) is -0.121. The van der Waals surface area contributed by atoms with Crippen molar-refractivity contribution < 1.29 is 24.9 Å². The van der Waals surface area contributed by atoms with Gasteiger partial charge in [0.1, 0.15) is 24.6 Å². The van der Waals surface area contributed by atoms with Crippen molar-refractivity contribution in [2.45, 2.75) is 18.8 Å². The molecule has 0 saturated carbocycles. The minimum absolute atomic E-state index is 0.0639. The summed E-state index contributed by atoms with van der Waals surface area (Å²) >= 11 is 5.76. The molecule has 2 atom stereocenters. The molecule has 0 heterocycles. The van der Waals surface area contributed by atoms with E-state index in [-0.39, 0.29) is 23.9 Å². The van der Waals surface area contributed by atoms with E-state index in [2.05, 4.69) is 5.32 Å². The van der Waals surface area contributed by atoms with Crippen LogP contribution in [0.25, 0.3) is 0 Å². The fraction of sp³-hybridized carbons (Fsp3) is 0.235. The zero-order valence-electron chi connectivity index (χ0n) is 12.7. The number of aliphatic hydroxyl groups excluding tert-OH is 2. The molecule has 0 bridgehead atoms. The highest BCUT2D eigenvalue weighted by atomic mass is 35.5. The van der Waals surface area contributed by atoms with Crippen molar-refractivity contribution in [3.05, 3.63) is 64.7 Å². The first-order valence-corrected chi connectivity index (χ1v) is 7.64. The van der Waals surface area contributed by atoms with Crippen LogP contribution in [0.15, 0.2) is 48.5 Å². The Kier molecular flexibility index (Phi) is 6.43. The average molecular weight is 352 g/mol. The molecule has 1 amide bonds. The molecule has 24 heavy (non-hydrogen) atoms. The summed E-state index contributed by atoms with van der Waals surface area (Å²) in [5.41, 5.74) is 1.16. The second kappa shape index (κ2) is 8.54. The Hall–Kier alpha value is -2.28. The number of halogens is 1. The summed E-state index contributed by atoms with van der Waals surface area (Å²) in [6.45, 7) is -0.0911. The molecule has 0 aliphatic rings. The number of alkyl carbamates (subject to hydrolysis) is 1. The van der Waals surface area contributed by atoms with Crippen molar-refractivity contribution in [3.8, 4) is 5.75 Å². The number of phenolic OH excluding ortho intramolecular Hbond substituents is 1. The molecule has 128 valence electrons. The highest BCUT2D eigenvalue weighted by Crippen LogP contribution is 2.27. The van der Waals surface area contributed by atoms with Crippen molar-refractivity contribution in [1.29, 1.82) is 0 Å². The SMILES string of the molecule is O=C(NCC(O)C(O)c1ccc(O)c(Cl)c1)OCc1ccccc1. The van der Waals surface area contributed by atoms with E-state index in [0.717, 1.165) is 5.56 Å². The van der Waals surface area contributed by atoms with Gasteiger partial charge in [-0.2, -0.15) is 0 Å². The first-order valence-electron chi connectivity index (χ1n) is 7.26. The van der Waals surface area contributed by atoms with Crippen LogP contribution in [0.3, 0.4) is 0 Å². The van der Waals surface area contributed by atoms with Gasteiger partial charge >= 0.3 is 6.09 Å². The van der Waals surface area contributed by atoms with Crippen molar-refractivity contribution in [3.63, 3.8) is 0 Å². The van der Waals surface area contributed by atoms with E-state index >= 15 is 0 Å². The number of carbonyl (C=O) groups is 1. The molecule has 4 N–H and O–H groups in total. The van der Waals surface area contributed by atoms with Crippen molar-refractivity contribution in [2.24, 2.45) is 0 Å². The van der Waals surface area contributed by atoms with Crippen molar-refractivity contribution >= 4 is 17.7 Å². The molecule has 0 aliphatic carbocycles. The Balaban J connectivity index is 1.80.